The van der Waals surface area contributed by atoms with Crippen LogP contribution in [0.15, 0.2) is 70.6 Å². The lowest BCUT2D eigenvalue weighted by atomic mass is 10.2. The third kappa shape index (κ3) is 5.83. The molecule has 0 aliphatic heterocycles. The second-order valence-corrected chi connectivity index (χ2v) is 7.87. The monoisotopic (exact) mass is 443 g/mol. The largest absolute Gasteiger partial charge is 0.353 e. The maximum absolute atomic E-state index is 11.5. The van der Waals surface area contributed by atoms with Crippen LogP contribution in [-0.4, -0.2) is 42.3 Å². The number of aromatic amines is 1. The van der Waals surface area contributed by atoms with Gasteiger partial charge < -0.3 is 14.8 Å². The number of aliphatic imine (C=N–C) groups is 2. The normalized spacial score (nSPS) is 11.9. The van der Waals surface area contributed by atoms with Crippen LogP contribution in [-0.2, 0) is 9.59 Å². The highest BCUT2D eigenvalue weighted by molar-refractivity contribution is 6.03. The minimum absolute atomic E-state index is 0.0160. The summed E-state index contributed by atoms with van der Waals surface area (Å²) in [5.74, 6) is -0.0320. The maximum Gasteiger partial charge on any atom is 0.223 e. The number of benzene rings is 2. The summed E-state index contributed by atoms with van der Waals surface area (Å²) in [5.41, 5.74) is 6.78. The molecule has 0 radical (unpaired) electrons. The van der Waals surface area contributed by atoms with Crippen molar-refractivity contribution in [3.05, 3.63) is 72.1 Å². The number of hydrogen-bond acceptors (Lipinski definition) is 4. The molecule has 33 heavy (non-hydrogen) atoms. The summed E-state index contributed by atoms with van der Waals surface area (Å²) in [7, 11) is 3.49. The minimum Gasteiger partial charge on any atom is -0.353 e. The zero-order valence-electron chi connectivity index (χ0n) is 19.9. The van der Waals surface area contributed by atoms with Crippen LogP contribution in [0.5, 0.6) is 0 Å². The molecule has 0 spiro atoms. The molecule has 0 aliphatic carbocycles. The zero-order valence-corrected chi connectivity index (χ0v) is 19.9. The number of rotatable bonds is 6. The van der Waals surface area contributed by atoms with Gasteiger partial charge in [0.05, 0.1) is 34.2 Å². The summed E-state index contributed by atoms with van der Waals surface area (Å²) in [6.07, 6.45) is 0. The van der Waals surface area contributed by atoms with Gasteiger partial charge in [0.25, 0.3) is 0 Å². The number of nitrogens with one attached hydrogen (secondary N) is 1. The van der Waals surface area contributed by atoms with Gasteiger partial charge in [-0.1, -0.05) is 0 Å². The van der Waals surface area contributed by atoms with Gasteiger partial charge in [0.2, 0.25) is 11.8 Å². The second-order valence-electron chi connectivity index (χ2n) is 7.87. The van der Waals surface area contributed by atoms with E-state index in [9.17, 15) is 9.59 Å². The number of H-pyrrole nitrogens is 1. The van der Waals surface area contributed by atoms with Crippen LogP contribution in [0.4, 0.5) is 22.7 Å². The van der Waals surface area contributed by atoms with E-state index in [1.165, 1.54) is 13.8 Å². The molecule has 1 aromatic heterocycles. The number of amides is 2. The summed E-state index contributed by atoms with van der Waals surface area (Å²) >= 11 is 0. The lowest BCUT2D eigenvalue weighted by molar-refractivity contribution is -0.117. The Morgan fingerprint density at radius 1 is 0.606 bits per heavy atom. The van der Waals surface area contributed by atoms with Crippen LogP contribution in [0.3, 0.4) is 0 Å². The molecule has 3 aromatic rings. The number of nitrogens with zero attached hydrogens (tertiary/aromatic N) is 4. The predicted molar refractivity (Wildman–Crippen MR) is 136 cm³/mol. The van der Waals surface area contributed by atoms with Crippen molar-refractivity contribution in [2.75, 3.05) is 23.9 Å². The van der Waals surface area contributed by atoms with Crippen molar-refractivity contribution in [1.29, 1.82) is 0 Å². The number of anilines is 2. The van der Waals surface area contributed by atoms with Crippen molar-refractivity contribution in [3.63, 3.8) is 0 Å². The molecular formula is C26H29N5O2. The Balaban J connectivity index is 1.74. The van der Waals surface area contributed by atoms with Crippen LogP contribution < -0.4 is 9.80 Å². The third-order valence-electron chi connectivity index (χ3n) is 5.48. The molecule has 7 nitrogen and oxygen atoms in total. The molecular weight excluding hydrogens is 414 g/mol. The van der Waals surface area contributed by atoms with Gasteiger partial charge in [0.15, 0.2) is 0 Å². The lowest BCUT2D eigenvalue weighted by Gasteiger charge is -2.14. The van der Waals surface area contributed by atoms with Crippen molar-refractivity contribution < 1.29 is 9.59 Å². The summed E-state index contributed by atoms with van der Waals surface area (Å²) in [6.45, 7) is 6.96. The van der Waals surface area contributed by atoms with Gasteiger partial charge in [-0.3, -0.25) is 19.6 Å². The molecule has 0 bridgehead atoms. The maximum atomic E-state index is 11.5. The summed E-state index contributed by atoms with van der Waals surface area (Å²) < 4.78 is 0. The highest BCUT2D eigenvalue weighted by Crippen LogP contribution is 2.22. The number of carbonyl (C=O) groups excluding carboxylic acids is 2. The van der Waals surface area contributed by atoms with E-state index in [-0.39, 0.29) is 11.8 Å². The van der Waals surface area contributed by atoms with Gasteiger partial charge in [0, 0.05) is 39.3 Å². The molecule has 1 N–H and O–H groups in total. The van der Waals surface area contributed by atoms with E-state index in [2.05, 4.69) is 15.0 Å². The van der Waals surface area contributed by atoms with E-state index in [0.717, 1.165) is 45.6 Å². The van der Waals surface area contributed by atoms with Gasteiger partial charge in [0.1, 0.15) is 0 Å². The summed E-state index contributed by atoms with van der Waals surface area (Å²) in [6, 6.07) is 19.0. The minimum atomic E-state index is -0.0160. The van der Waals surface area contributed by atoms with Gasteiger partial charge in [-0.05, 0) is 74.5 Å². The van der Waals surface area contributed by atoms with Crippen molar-refractivity contribution in [1.82, 2.24) is 4.98 Å². The molecule has 1 heterocycles. The average Bonchev–Trinajstić information content (AvgIpc) is 3.30. The van der Waals surface area contributed by atoms with E-state index in [1.54, 1.807) is 23.9 Å². The SMILES string of the molecule is CC(=O)N(C)c1ccc(N=C(C)c2ccc(C(C)=Nc3ccc(N(C)C(C)=O)cc3)[nH]2)cc1. The first-order valence-electron chi connectivity index (χ1n) is 10.6. The molecule has 0 saturated carbocycles. The quantitative estimate of drug-likeness (QED) is 0.527. The average molecular weight is 444 g/mol. The van der Waals surface area contributed by atoms with Crippen molar-refractivity contribution >= 4 is 46.0 Å². The topological polar surface area (TPSA) is 81.1 Å². The Bertz CT molecular complexity index is 1110. The molecule has 2 aromatic carbocycles. The first kappa shape index (κ1) is 23.7. The third-order valence-corrected chi connectivity index (χ3v) is 5.48. The highest BCUT2D eigenvalue weighted by Gasteiger charge is 2.08. The summed E-state index contributed by atoms with van der Waals surface area (Å²) in [5, 5.41) is 0. The smallest absolute Gasteiger partial charge is 0.223 e. The second kappa shape index (κ2) is 10.1. The van der Waals surface area contributed by atoms with E-state index in [0.29, 0.717) is 0 Å². The molecule has 3 rings (SSSR count). The van der Waals surface area contributed by atoms with Crippen molar-refractivity contribution in [2.24, 2.45) is 9.98 Å². The Hall–Kier alpha value is -4.00. The molecule has 0 aliphatic rings. The number of carbonyl (C=O) groups is 2. The standard InChI is InChI=1S/C26H29N5O2/c1-17(27-21-7-11-23(12-8-21)30(5)19(3)32)25-15-16-26(29-25)18(2)28-22-9-13-24(14-10-22)31(6)20(4)33/h7-16,29H,1-6H3. The molecule has 2 amide bonds. The van der Waals surface area contributed by atoms with E-state index < -0.39 is 0 Å². The van der Waals surface area contributed by atoms with Crippen LogP contribution in [0.25, 0.3) is 0 Å². The Kier molecular flexibility index (Phi) is 7.23. The fraction of sp³-hybridized carbons (Fsp3) is 0.231. The molecule has 170 valence electrons. The number of aromatic nitrogens is 1. The van der Waals surface area contributed by atoms with Crippen LogP contribution in [0.1, 0.15) is 39.1 Å². The fourth-order valence-corrected chi connectivity index (χ4v) is 3.19. The van der Waals surface area contributed by atoms with Gasteiger partial charge >= 0.3 is 0 Å². The Labute approximate surface area is 194 Å². The summed E-state index contributed by atoms with van der Waals surface area (Å²) in [4.78, 5) is 38.9. The first-order valence-corrected chi connectivity index (χ1v) is 10.6. The van der Waals surface area contributed by atoms with Crippen molar-refractivity contribution in [3.8, 4) is 0 Å². The Morgan fingerprint density at radius 2 is 0.939 bits per heavy atom. The van der Waals surface area contributed by atoms with E-state index in [4.69, 9.17) is 0 Å². The Morgan fingerprint density at radius 3 is 1.24 bits per heavy atom. The van der Waals surface area contributed by atoms with Crippen LogP contribution >= 0.6 is 0 Å². The van der Waals surface area contributed by atoms with Crippen LogP contribution in [0.2, 0.25) is 0 Å². The van der Waals surface area contributed by atoms with E-state index >= 15 is 0 Å². The zero-order chi connectivity index (χ0) is 24.1. The molecule has 0 fully saturated rings. The van der Waals surface area contributed by atoms with E-state index in [1.807, 2.05) is 74.5 Å². The van der Waals surface area contributed by atoms with Crippen molar-refractivity contribution in [2.45, 2.75) is 27.7 Å². The van der Waals surface area contributed by atoms with Gasteiger partial charge in [-0.2, -0.15) is 0 Å². The number of hydrogen-bond donors (Lipinski definition) is 1. The van der Waals surface area contributed by atoms with Crippen LogP contribution in [0, 0.1) is 0 Å². The lowest BCUT2D eigenvalue weighted by Crippen LogP contribution is -2.22. The molecule has 0 atom stereocenters. The highest BCUT2D eigenvalue weighted by atomic mass is 16.2. The molecule has 0 unspecified atom stereocenters. The van der Waals surface area contributed by atoms with Gasteiger partial charge in [-0.15, -0.1) is 0 Å². The first-order chi connectivity index (χ1) is 15.7. The molecule has 7 heteroatoms. The van der Waals surface area contributed by atoms with Gasteiger partial charge in [-0.25, -0.2) is 0 Å². The molecule has 0 saturated heterocycles. The fourth-order valence-electron chi connectivity index (χ4n) is 3.19. The predicted octanol–water partition coefficient (Wildman–Crippen LogP) is 5.26.